The minimum absolute atomic E-state index is 0.0708. The van der Waals surface area contributed by atoms with Gasteiger partial charge in [0.25, 0.3) is 5.91 Å². The van der Waals surface area contributed by atoms with Gasteiger partial charge < -0.3 is 20.1 Å². The van der Waals surface area contributed by atoms with Crippen molar-refractivity contribution in [2.75, 3.05) is 26.1 Å². The van der Waals surface area contributed by atoms with Crippen LogP contribution >= 0.6 is 11.3 Å². The molecule has 182 valence electrons. The molecule has 1 aliphatic heterocycles. The molecule has 2 N–H and O–H groups in total. The van der Waals surface area contributed by atoms with Crippen LogP contribution in [-0.2, 0) is 9.59 Å². The molecule has 1 saturated carbocycles. The summed E-state index contributed by atoms with van der Waals surface area (Å²) < 4.78 is 10.7. The van der Waals surface area contributed by atoms with Crippen LogP contribution in [-0.4, -0.2) is 54.0 Å². The third kappa shape index (κ3) is 4.59. The predicted octanol–water partition coefficient (Wildman–Crippen LogP) is 3.90. The van der Waals surface area contributed by atoms with E-state index in [1.807, 2.05) is 6.07 Å². The van der Waals surface area contributed by atoms with Crippen molar-refractivity contribution in [3.63, 3.8) is 0 Å². The number of nitrogens with zero attached hydrogens (tertiary/aromatic N) is 2. The number of nitrogens with one attached hydrogen (secondary N) is 2. The van der Waals surface area contributed by atoms with Crippen LogP contribution < -0.4 is 20.1 Å². The summed E-state index contributed by atoms with van der Waals surface area (Å²) in [6.07, 6.45) is 2.13. The number of carbonyl (C=O) groups excluding carboxylic acids is 3. The largest absolute Gasteiger partial charge is 0.497 e. The summed E-state index contributed by atoms with van der Waals surface area (Å²) >= 11 is 1.25. The molecule has 1 spiro atoms. The quantitative estimate of drug-likeness (QED) is 0.599. The van der Waals surface area contributed by atoms with Crippen molar-refractivity contribution in [1.82, 2.24) is 15.2 Å². The van der Waals surface area contributed by atoms with Gasteiger partial charge in [0.05, 0.1) is 19.9 Å². The normalized spacial score (nSPS) is 23.7. The molecule has 2 heterocycles. The Morgan fingerprint density at radius 3 is 2.71 bits per heavy atom. The standard InChI is InChI=1S/C24H30N4O5S/c1-14-9-23(2,3)13-24(10-14)20(30)28(22(31)27-24)11-19(29)26-21-25-17(12-34-21)16-7-6-15(32-4)8-18(16)33-5/h6-8,12,14H,9-11,13H2,1-5H3,(H,27,31)(H,25,26,29). The van der Waals surface area contributed by atoms with Crippen molar-refractivity contribution < 1.29 is 23.9 Å². The lowest BCUT2D eigenvalue weighted by Crippen LogP contribution is -2.54. The van der Waals surface area contributed by atoms with Crippen molar-refractivity contribution in [1.29, 1.82) is 0 Å². The van der Waals surface area contributed by atoms with Crippen molar-refractivity contribution in [2.24, 2.45) is 11.3 Å². The number of amides is 4. The Labute approximate surface area is 202 Å². The topological polar surface area (TPSA) is 110 Å². The molecule has 10 heteroatoms. The van der Waals surface area contributed by atoms with E-state index < -0.39 is 17.5 Å². The van der Waals surface area contributed by atoms with E-state index in [0.717, 1.165) is 16.9 Å². The van der Waals surface area contributed by atoms with Crippen LogP contribution in [0.3, 0.4) is 0 Å². The number of hydrogen-bond acceptors (Lipinski definition) is 7. The van der Waals surface area contributed by atoms with Crippen molar-refractivity contribution in [2.45, 2.75) is 45.6 Å². The highest BCUT2D eigenvalue weighted by Gasteiger charge is 2.56. The zero-order chi connectivity index (χ0) is 24.7. The number of methoxy groups -OCH3 is 2. The fourth-order valence-electron chi connectivity index (χ4n) is 5.42. The second kappa shape index (κ2) is 8.90. The molecule has 2 fully saturated rings. The molecule has 1 saturated heterocycles. The SMILES string of the molecule is COc1ccc(-c2csc(NC(=O)CN3C(=O)NC4(CC(C)CC(C)(C)C4)C3=O)n2)c(OC)c1. The number of ether oxygens (including phenoxy) is 2. The molecular weight excluding hydrogens is 456 g/mol. The summed E-state index contributed by atoms with van der Waals surface area (Å²) in [6, 6.07) is 4.87. The molecule has 2 aromatic rings. The number of thiazole rings is 1. The van der Waals surface area contributed by atoms with Gasteiger partial charge in [-0.3, -0.25) is 14.5 Å². The molecule has 0 radical (unpaired) electrons. The minimum atomic E-state index is -0.933. The second-order valence-corrected chi connectivity index (χ2v) is 10.8. The van der Waals surface area contributed by atoms with Crippen LogP contribution in [0.2, 0.25) is 0 Å². The monoisotopic (exact) mass is 486 g/mol. The molecule has 2 atom stereocenters. The minimum Gasteiger partial charge on any atom is -0.497 e. The fraction of sp³-hybridized carbons (Fsp3) is 0.500. The molecule has 4 rings (SSSR count). The first-order valence-corrected chi connectivity index (χ1v) is 12.1. The zero-order valence-corrected chi connectivity index (χ0v) is 20.9. The van der Waals surface area contributed by atoms with Gasteiger partial charge in [-0.25, -0.2) is 9.78 Å². The fourth-order valence-corrected chi connectivity index (χ4v) is 6.14. The summed E-state index contributed by atoms with van der Waals surface area (Å²) in [6.45, 7) is 5.95. The molecule has 4 amide bonds. The first-order chi connectivity index (χ1) is 16.1. The molecule has 34 heavy (non-hydrogen) atoms. The number of anilines is 1. The zero-order valence-electron chi connectivity index (χ0n) is 20.1. The smallest absolute Gasteiger partial charge is 0.325 e. The Morgan fingerprint density at radius 2 is 2.03 bits per heavy atom. The Kier molecular flexibility index (Phi) is 6.28. The van der Waals surface area contributed by atoms with Gasteiger partial charge in [0.15, 0.2) is 5.13 Å². The lowest BCUT2D eigenvalue weighted by atomic mass is 9.64. The Morgan fingerprint density at radius 1 is 1.26 bits per heavy atom. The third-order valence-corrected chi connectivity index (χ3v) is 7.12. The third-order valence-electron chi connectivity index (χ3n) is 6.36. The summed E-state index contributed by atoms with van der Waals surface area (Å²) in [5.74, 6) is 0.745. The number of urea groups is 1. The van der Waals surface area contributed by atoms with Gasteiger partial charge in [-0.15, -0.1) is 11.3 Å². The Hall–Kier alpha value is -3.14. The number of imide groups is 1. The summed E-state index contributed by atoms with van der Waals surface area (Å²) in [5.41, 5.74) is 0.383. The van der Waals surface area contributed by atoms with Gasteiger partial charge in [0.2, 0.25) is 5.91 Å². The lowest BCUT2D eigenvalue weighted by Gasteiger charge is -2.43. The van der Waals surface area contributed by atoms with Crippen LogP contribution in [0.15, 0.2) is 23.6 Å². The van der Waals surface area contributed by atoms with Crippen molar-refractivity contribution in [3.8, 4) is 22.8 Å². The molecular formula is C24H30N4O5S. The van der Waals surface area contributed by atoms with Crippen LogP contribution in [0.5, 0.6) is 11.5 Å². The van der Waals surface area contributed by atoms with Crippen LogP contribution in [0.25, 0.3) is 11.3 Å². The van der Waals surface area contributed by atoms with E-state index in [2.05, 4.69) is 36.4 Å². The molecule has 1 aromatic heterocycles. The molecule has 0 bridgehead atoms. The highest BCUT2D eigenvalue weighted by atomic mass is 32.1. The van der Waals surface area contributed by atoms with Crippen molar-refractivity contribution >= 4 is 34.3 Å². The number of benzene rings is 1. The lowest BCUT2D eigenvalue weighted by molar-refractivity contribution is -0.136. The molecule has 9 nitrogen and oxygen atoms in total. The summed E-state index contributed by atoms with van der Waals surface area (Å²) in [5, 5.41) is 7.77. The van der Waals surface area contributed by atoms with E-state index in [0.29, 0.717) is 41.1 Å². The van der Waals surface area contributed by atoms with Gasteiger partial charge in [-0.2, -0.15) is 0 Å². The maximum atomic E-state index is 13.3. The highest BCUT2D eigenvalue weighted by molar-refractivity contribution is 7.14. The maximum absolute atomic E-state index is 13.3. The average Bonchev–Trinajstić information content (AvgIpc) is 3.30. The van der Waals surface area contributed by atoms with E-state index in [1.54, 1.807) is 31.7 Å². The second-order valence-electron chi connectivity index (χ2n) is 9.91. The van der Waals surface area contributed by atoms with E-state index >= 15 is 0 Å². The maximum Gasteiger partial charge on any atom is 0.325 e. The molecule has 2 unspecified atom stereocenters. The van der Waals surface area contributed by atoms with E-state index in [1.165, 1.54) is 11.3 Å². The first-order valence-electron chi connectivity index (χ1n) is 11.2. The van der Waals surface area contributed by atoms with Crippen molar-refractivity contribution in [3.05, 3.63) is 23.6 Å². The Balaban J connectivity index is 1.45. The van der Waals surface area contributed by atoms with E-state index in [-0.39, 0.29) is 17.9 Å². The van der Waals surface area contributed by atoms with Crippen LogP contribution in [0, 0.1) is 11.3 Å². The Bertz CT molecular complexity index is 1130. The van der Waals surface area contributed by atoms with Crippen LogP contribution in [0.1, 0.15) is 40.0 Å². The number of carbonyl (C=O) groups is 3. The number of rotatable bonds is 6. The highest BCUT2D eigenvalue weighted by Crippen LogP contribution is 2.46. The summed E-state index contributed by atoms with van der Waals surface area (Å²) in [7, 11) is 3.14. The molecule has 1 aliphatic carbocycles. The van der Waals surface area contributed by atoms with E-state index in [9.17, 15) is 14.4 Å². The summed E-state index contributed by atoms with van der Waals surface area (Å²) in [4.78, 5) is 44.1. The van der Waals surface area contributed by atoms with Gasteiger partial charge >= 0.3 is 6.03 Å². The molecule has 2 aliphatic rings. The van der Waals surface area contributed by atoms with Gasteiger partial charge in [0, 0.05) is 17.0 Å². The number of hydrogen-bond donors (Lipinski definition) is 2. The average molecular weight is 487 g/mol. The van der Waals surface area contributed by atoms with Crippen LogP contribution in [0.4, 0.5) is 9.93 Å². The first kappa shape index (κ1) is 24.0. The van der Waals surface area contributed by atoms with Gasteiger partial charge in [-0.05, 0) is 42.7 Å². The van der Waals surface area contributed by atoms with Gasteiger partial charge in [0.1, 0.15) is 23.6 Å². The predicted molar refractivity (Wildman–Crippen MR) is 129 cm³/mol. The molecule has 1 aromatic carbocycles. The van der Waals surface area contributed by atoms with Gasteiger partial charge in [-0.1, -0.05) is 20.8 Å². The number of aromatic nitrogens is 1. The van der Waals surface area contributed by atoms with E-state index in [4.69, 9.17) is 9.47 Å².